The molecule has 9 heteroatoms. The molecular formula is C19H18N4O4S. The second kappa shape index (κ2) is 8.54. The average molecular weight is 398 g/mol. The Morgan fingerprint density at radius 2 is 2.04 bits per heavy atom. The Bertz CT molecular complexity index is 1060. The highest BCUT2D eigenvalue weighted by molar-refractivity contribution is 7.90. The van der Waals surface area contributed by atoms with Crippen LogP contribution in [0.1, 0.15) is 18.4 Å². The van der Waals surface area contributed by atoms with Gasteiger partial charge in [-0.25, -0.2) is 8.42 Å². The Morgan fingerprint density at radius 1 is 1.21 bits per heavy atom. The first kappa shape index (κ1) is 19.4. The molecule has 0 radical (unpaired) electrons. The molecule has 8 nitrogen and oxygen atoms in total. The minimum Gasteiger partial charge on any atom is -0.482 e. The van der Waals surface area contributed by atoms with E-state index >= 15 is 0 Å². The number of amides is 1. The summed E-state index contributed by atoms with van der Waals surface area (Å²) in [6.07, 6.45) is 1.42. The second-order valence-corrected chi connectivity index (χ2v) is 7.69. The molecule has 2 aromatic carbocycles. The van der Waals surface area contributed by atoms with Gasteiger partial charge >= 0.3 is 0 Å². The summed E-state index contributed by atoms with van der Waals surface area (Å²) in [5.74, 6) is 0.271. The number of hydrogen-bond acceptors (Lipinski definition) is 6. The molecule has 1 aliphatic rings. The van der Waals surface area contributed by atoms with E-state index in [-0.39, 0.29) is 11.5 Å². The van der Waals surface area contributed by atoms with Crippen LogP contribution in [-0.4, -0.2) is 33.3 Å². The number of anilines is 1. The number of benzene rings is 2. The molecule has 0 spiro atoms. The van der Waals surface area contributed by atoms with Crippen molar-refractivity contribution in [2.24, 2.45) is 4.99 Å². The monoisotopic (exact) mass is 398 g/mol. The van der Waals surface area contributed by atoms with Crippen molar-refractivity contribution in [2.45, 2.75) is 17.7 Å². The summed E-state index contributed by atoms with van der Waals surface area (Å²) in [6, 6.07) is 14.5. The first-order valence-corrected chi connectivity index (χ1v) is 10.0. The molecular weight excluding hydrogens is 380 g/mol. The number of aliphatic imine (C=N–C) groups is 1. The van der Waals surface area contributed by atoms with E-state index in [4.69, 9.17) is 10.00 Å². The first-order chi connectivity index (χ1) is 13.5. The van der Waals surface area contributed by atoms with Gasteiger partial charge in [-0.15, -0.1) is 0 Å². The molecule has 0 fully saturated rings. The van der Waals surface area contributed by atoms with Crippen molar-refractivity contribution in [3.8, 4) is 11.8 Å². The van der Waals surface area contributed by atoms with Crippen LogP contribution in [0.2, 0.25) is 0 Å². The lowest BCUT2D eigenvalue weighted by atomic mass is 10.2. The van der Waals surface area contributed by atoms with Gasteiger partial charge < -0.3 is 10.1 Å². The number of amidine groups is 1. The number of carbonyl (C=O) groups is 1. The van der Waals surface area contributed by atoms with E-state index in [1.165, 1.54) is 18.2 Å². The van der Waals surface area contributed by atoms with Crippen molar-refractivity contribution in [1.29, 1.82) is 5.26 Å². The molecule has 28 heavy (non-hydrogen) atoms. The Hall–Kier alpha value is -3.38. The predicted molar refractivity (Wildman–Crippen MR) is 104 cm³/mol. The number of para-hydroxylation sites is 1. The molecule has 1 aliphatic heterocycles. The van der Waals surface area contributed by atoms with Crippen molar-refractivity contribution >= 4 is 27.5 Å². The van der Waals surface area contributed by atoms with Crippen molar-refractivity contribution in [2.75, 3.05) is 18.5 Å². The molecule has 0 saturated heterocycles. The third-order valence-corrected chi connectivity index (χ3v) is 5.30. The third kappa shape index (κ3) is 4.86. The van der Waals surface area contributed by atoms with Crippen LogP contribution in [0.15, 0.2) is 58.4 Å². The molecule has 0 unspecified atom stereocenters. The van der Waals surface area contributed by atoms with Crippen LogP contribution in [0.5, 0.6) is 5.75 Å². The fraction of sp³-hybridized carbons (Fsp3) is 0.211. The summed E-state index contributed by atoms with van der Waals surface area (Å²) >= 11 is 0. The molecule has 0 saturated carbocycles. The number of sulfonamides is 1. The highest BCUT2D eigenvalue weighted by Crippen LogP contribution is 2.18. The van der Waals surface area contributed by atoms with E-state index in [1.807, 2.05) is 6.07 Å². The SMILES string of the molecule is N#Cc1ccccc1OCC(=O)Nc1cccc(S(=O)(=O)NC2=NCCC2)c1. The normalized spacial score (nSPS) is 13.3. The highest BCUT2D eigenvalue weighted by atomic mass is 32.2. The molecule has 2 N–H and O–H groups in total. The number of nitriles is 1. The molecule has 0 bridgehead atoms. The van der Waals surface area contributed by atoms with E-state index in [1.54, 1.807) is 30.3 Å². The van der Waals surface area contributed by atoms with Gasteiger partial charge in [0.25, 0.3) is 15.9 Å². The van der Waals surface area contributed by atoms with E-state index in [0.29, 0.717) is 35.8 Å². The fourth-order valence-electron chi connectivity index (χ4n) is 2.60. The zero-order valence-corrected chi connectivity index (χ0v) is 15.7. The van der Waals surface area contributed by atoms with Crippen LogP contribution in [0, 0.1) is 11.3 Å². The van der Waals surface area contributed by atoms with Crippen molar-refractivity contribution in [3.05, 3.63) is 54.1 Å². The van der Waals surface area contributed by atoms with Crippen LogP contribution in [0.25, 0.3) is 0 Å². The summed E-state index contributed by atoms with van der Waals surface area (Å²) in [5, 5.41) is 11.6. The Kier molecular flexibility index (Phi) is 5.91. The van der Waals surface area contributed by atoms with E-state index in [0.717, 1.165) is 6.42 Å². The van der Waals surface area contributed by atoms with E-state index in [9.17, 15) is 13.2 Å². The second-order valence-electron chi connectivity index (χ2n) is 6.01. The fourth-order valence-corrected chi connectivity index (χ4v) is 3.74. The van der Waals surface area contributed by atoms with Gasteiger partial charge in [0.1, 0.15) is 17.7 Å². The minimum absolute atomic E-state index is 0.0237. The zero-order valence-electron chi connectivity index (χ0n) is 14.9. The molecule has 2 aromatic rings. The molecule has 3 rings (SSSR count). The lowest BCUT2D eigenvalue weighted by Crippen LogP contribution is -2.29. The van der Waals surface area contributed by atoms with E-state index < -0.39 is 15.9 Å². The van der Waals surface area contributed by atoms with Crippen LogP contribution >= 0.6 is 0 Å². The standard InChI is InChI=1S/C19H18N4O4S/c20-12-14-5-1-2-8-17(14)27-13-19(24)22-15-6-3-7-16(11-15)28(25,26)23-18-9-4-10-21-18/h1-3,5-8,11H,4,9-10,13H2,(H,21,23)(H,22,24). The van der Waals surface area contributed by atoms with Crippen LogP contribution in [-0.2, 0) is 14.8 Å². The van der Waals surface area contributed by atoms with Gasteiger partial charge in [-0.3, -0.25) is 14.5 Å². The number of carbonyl (C=O) groups excluding carboxylic acids is 1. The van der Waals surface area contributed by atoms with Gasteiger partial charge in [-0.2, -0.15) is 5.26 Å². The summed E-state index contributed by atoms with van der Waals surface area (Å²) in [7, 11) is -3.77. The van der Waals surface area contributed by atoms with Gasteiger partial charge in [-0.05, 0) is 36.8 Å². The number of hydrogen-bond donors (Lipinski definition) is 2. The lowest BCUT2D eigenvalue weighted by Gasteiger charge is -2.11. The van der Waals surface area contributed by atoms with Crippen LogP contribution < -0.4 is 14.8 Å². The Labute approximate surface area is 162 Å². The first-order valence-electron chi connectivity index (χ1n) is 8.56. The quantitative estimate of drug-likeness (QED) is 0.771. The summed E-state index contributed by atoms with van der Waals surface area (Å²) in [4.78, 5) is 16.2. The maximum atomic E-state index is 12.4. The zero-order chi connectivity index (χ0) is 20.0. The number of nitrogens with one attached hydrogen (secondary N) is 2. The largest absolute Gasteiger partial charge is 0.482 e. The Balaban J connectivity index is 1.64. The molecule has 0 aromatic heterocycles. The van der Waals surface area contributed by atoms with Gasteiger partial charge in [-0.1, -0.05) is 18.2 Å². The molecule has 144 valence electrons. The van der Waals surface area contributed by atoms with E-state index in [2.05, 4.69) is 15.0 Å². The number of nitrogens with zero attached hydrogens (tertiary/aromatic N) is 2. The van der Waals surface area contributed by atoms with Crippen LogP contribution in [0.4, 0.5) is 5.69 Å². The van der Waals surface area contributed by atoms with Crippen molar-refractivity contribution < 1.29 is 17.9 Å². The lowest BCUT2D eigenvalue weighted by molar-refractivity contribution is -0.118. The van der Waals surface area contributed by atoms with Crippen LogP contribution in [0.3, 0.4) is 0 Å². The Morgan fingerprint density at radius 3 is 2.79 bits per heavy atom. The minimum atomic E-state index is -3.77. The molecule has 1 amide bonds. The van der Waals surface area contributed by atoms with Crippen molar-refractivity contribution in [1.82, 2.24) is 4.72 Å². The molecule has 1 heterocycles. The molecule has 0 aliphatic carbocycles. The molecule has 0 atom stereocenters. The van der Waals surface area contributed by atoms with Crippen molar-refractivity contribution in [3.63, 3.8) is 0 Å². The summed E-state index contributed by atoms with van der Waals surface area (Å²) < 4.78 is 32.7. The number of rotatable bonds is 6. The topological polar surface area (TPSA) is 121 Å². The predicted octanol–water partition coefficient (Wildman–Crippen LogP) is 2.05. The van der Waals surface area contributed by atoms with Gasteiger partial charge in [0.2, 0.25) is 0 Å². The maximum absolute atomic E-state index is 12.4. The smallest absolute Gasteiger partial charge is 0.262 e. The van der Waals surface area contributed by atoms with Gasteiger partial charge in [0.15, 0.2) is 6.61 Å². The highest BCUT2D eigenvalue weighted by Gasteiger charge is 2.19. The summed E-state index contributed by atoms with van der Waals surface area (Å²) in [5.41, 5.74) is 0.641. The number of ether oxygens (including phenoxy) is 1. The summed E-state index contributed by atoms with van der Waals surface area (Å²) in [6.45, 7) is 0.299. The third-order valence-electron chi connectivity index (χ3n) is 3.92. The van der Waals surface area contributed by atoms with Gasteiger partial charge in [0, 0.05) is 18.7 Å². The van der Waals surface area contributed by atoms with Gasteiger partial charge in [0.05, 0.1) is 10.5 Å². The average Bonchev–Trinajstić information content (AvgIpc) is 3.19. The maximum Gasteiger partial charge on any atom is 0.262 e.